The van der Waals surface area contributed by atoms with Crippen molar-refractivity contribution >= 4 is 39.1 Å². The van der Waals surface area contributed by atoms with Gasteiger partial charge in [0.2, 0.25) is 0 Å². The van der Waals surface area contributed by atoms with Gasteiger partial charge >= 0.3 is 0 Å². The van der Waals surface area contributed by atoms with Crippen molar-refractivity contribution in [3.63, 3.8) is 0 Å². The van der Waals surface area contributed by atoms with Crippen LogP contribution < -0.4 is 10.5 Å². The predicted molar refractivity (Wildman–Crippen MR) is 83.2 cm³/mol. The van der Waals surface area contributed by atoms with Gasteiger partial charge in [0.15, 0.2) is 0 Å². The molecule has 0 saturated heterocycles. The fraction of sp³-hybridized carbons (Fsp3) is 0.143. The lowest BCUT2D eigenvalue weighted by molar-refractivity contribution is 0.412. The Kier molecular flexibility index (Phi) is 4.74. The molecule has 2 aromatic carbocycles. The van der Waals surface area contributed by atoms with Crippen LogP contribution in [0.4, 0.5) is 0 Å². The monoisotopic (exact) mass is 359 g/mol. The van der Waals surface area contributed by atoms with Crippen LogP contribution in [0.1, 0.15) is 17.2 Å². The Morgan fingerprint density at radius 2 is 1.95 bits per heavy atom. The van der Waals surface area contributed by atoms with Gasteiger partial charge in [-0.25, -0.2) is 0 Å². The maximum absolute atomic E-state index is 6.24. The van der Waals surface area contributed by atoms with E-state index >= 15 is 0 Å². The van der Waals surface area contributed by atoms with Crippen LogP contribution in [0.3, 0.4) is 0 Å². The van der Waals surface area contributed by atoms with Gasteiger partial charge in [-0.05, 0) is 45.3 Å². The number of ether oxygens (including phenoxy) is 1. The number of nitrogens with two attached hydrogens (primary N) is 1. The maximum atomic E-state index is 6.24. The molecule has 19 heavy (non-hydrogen) atoms. The Balaban J connectivity index is 2.41. The summed E-state index contributed by atoms with van der Waals surface area (Å²) >= 11 is 15.6. The average molecular weight is 361 g/mol. The second-order valence-electron chi connectivity index (χ2n) is 4.01. The lowest BCUT2D eigenvalue weighted by Crippen LogP contribution is -2.12. The van der Waals surface area contributed by atoms with Crippen LogP contribution in [-0.2, 0) is 0 Å². The van der Waals surface area contributed by atoms with E-state index in [0.717, 1.165) is 21.3 Å². The van der Waals surface area contributed by atoms with Gasteiger partial charge in [-0.1, -0.05) is 41.4 Å². The first-order chi connectivity index (χ1) is 9.04. The molecule has 2 N–H and O–H groups in total. The summed E-state index contributed by atoms with van der Waals surface area (Å²) in [4.78, 5) is 0. The Hall–Kier alpha value is -0.740. The summed E-state index contributed by atoms with van der Waals surface area (Å²) in [6, 6.07) is 10.8. The van der Waals surface area contributed by atoms with E-state index < -0.39 is 0 Å². The number of hydrogen-bond acceptors (Lipinski definition) is 2. The van der Waals surface area contributed by atoms with Crippen molar-refractivity contribution < 1.29 is 4.74 Å². The number of rotatable bonds is 3. The molecule has 0 bridgehead atoms. The molecule has 2 nitrogen and oxygen atoms in total. The first kappa shape index (κ1) is 14.7. The zero-order valence-electron chi connectivity index (χ0n) is 10.2. The first-order valence-corrected chi connectivity index (χ1v) is 7.12. The molecule has 5 heteroatoms. The molecule has 100 valence electrons. The fourth-order valence-electron chi connectivity index (χ4n) is 1.82. The summed E-state index contributed by atoms with van der Waals surface area (Å²) in [5.41, 5.74) is 7.97. The van der Waals surface area contributed by atoms with Gasteiger partial charge in [-0.2, -0.15) is 0 Å². The van der Waals surface area contributed by atoms with E-state index in [0.29, 0.717) is 10.0 Å². The first-order valence-electron chi connectivity index (χ1n) is 5.57. The molecule has 2 rings (SSSR count). The van der Waals surface area contributed by atoms with E-state index in [4.69, 9.17) is 33.7 Å². The molecule has 0 fully saturated rings. The molecule has 0 amide bonds. The van der Waals surface area contributed by atoms with Gasteiger partial charge in [0.05, 0.1) is 27.7 Å². The molecule has 1 unspecified atom stereocenters. The molecule has 0 saturated carbocycles. The SMILES string of the molecule is COc1ccc(C(N)c2cccc(Cl)c2Cl)cc1Br. The third-order valence-corrected chi connectivity index (χ3v) is 4.30. The number of benzene rings is 2. The van der Waals surface area contributed by atoms with Gasteiger partial charge in [0.25, 0.3) is 0 Å². The lowest BCUT2D eigenvalue weighted by Gasteiger charge is -2.16. The standard InChI is InChI=1S/C14H12BrCl2NO/c1-19-12-6-5-8(7-10(12)15)14(18)9-3-2-4-11(16)13(9)17/h2-7,14H,18H2,1H3. The minimum atomic E-state index is -0.339. The second kappa shape index (κ2) is 6.14. The summed E-state index contributed by atoms with van der Waals surface area (Å²) in [5, 5.41) is 0.991. The summed E-state index contributed by atoms with van der Waals surface area (Å²) in [6.45, 7) is 0. The molecular formula is C14H12BrCl2NO. The van der Waals surface area contributed by atoms with Crippen molar-refractivity contribution in [3.8, 4) is 5.75 Å². The van der Waals surface area contributed by atoms with Crippen LogP contribution >= 0.6 is 39.1 Å². The minimum absolute atomic E-state index is 0.339. The second-order valence-corrected chi connectivity index (χ2v) is 5.65. The van der Waals surface area contributed by atoms with Crippen LogP contribution in [0, 0.1) is 0 Å². The highest BCUT2D eigenvalue weighted by atomic mass is 79.9. The Morgan fingerprint density at radius 3 is 2.58 bits per heavy atom. The number of hydrogen-bond donors (Lipinski definition) is 1. The van der Waals surface area contributed by atoms with E-state index in [1.807, 2.05) is 30.3 Å². The van der Waals surface area contributed by atoms with Crippen LogP contribution in [0.25, 0.3) is 0 Å². The molecule has 0 aliphatic rings. The normalized spacial score (nSPS) is 12.3. The lowest BCUT2D eigenvalue weighted by atomic mass is 9.99. The predicted octanol–water partition coefficient (Wildman–Crippen LogP) is 4.81. The Morgan fingerprint density at radius 1 is 1.21 bits per heavy atom. The van der Waals surface area contributed by atoms with Crippen molar-refractivity contribution in [2.45, 2.75) is 6.04 Å². The zero-order valence-corrected chi connectivity index (χ0v) is 13.3. The quantitative estimate of drug-likeness (QED) is 0.852. The average Bonchev–Trinajstić information content (AvgIpc) is 2.41. The summed E-state index contributed by atoms with van der Waals surface area (Å²) in [7, 11) is 1.62. The van der Waals surface area contributed by atoms with Gasteiger partial charge < -0.3 is 10.5 Å². The smallest absolute Gasteiger partial charge is 0.133 e. The third kappa shape index (κ3) is 3.06. The molecular weight excluding hydrogens is 349 g/mol. The molecule has 0 spiro atoms. The van der Waals surface area contributed by atoms with E-state index in [9.17, 15) is 0 Å². The molecule has 0 radical (unpaired) electrons. The molecule has 2 aromatic rings. The highest BCUT2D eigenvalue weighted by Crippen LogP contribution is 2.34. The van der Waals surface area contributed by atoms with Crippen LogP contribution in [0.5, 0.6) is 5.75 Å². The highest BCUT2D eigenvalue weighted by molar-refractivity contribution is 9.10. The van der Waals surface area contributed by atoms with Gasteiger partial charge in [-0.15, -0.1) is 0 Å². The Bertz CT molecular complexity index is 604. The topological polar surface area (TPSA) is 35.2 Å². The van der Waals surface area contributed by atoms with Crippen molar-refractivity contribution in [2.24, 2.45) is 5.73 Å². The summed E-state index contributed by atoms with van der Waals surface area (Å²) in [6.07, 6.45) is 0. The van der Waals surface area contributed by atoms with Crippen molar-refractivity contribution in [3.05, 3.63) is 62.0 Å². The molecule has 0 aliphatic heterocycles. The van der Waals surface area contributed by atoms with Crippen LogP contribution in [0.2, 0.25) is 10.0 Å². The third-order valence-electron chi connectivity index (χ3n) is 2.85. The molecule has 0 heterocycles. The molecule has 1 atom stereocenters. The van der Waals surface area contributed by atoms with Gasteiger partial charge in [0, 0.05) is 0 Å². The molecule has 0 aromatic heterocycles. The van der Waals surface area contributed by atoms with E-state index in [-0.39, 0.29) is 6.04 Å². The van der Waals surface area contributed by atoms with Crippen molar-refractivity contribution in [1.29, 1.82) is 0 Å². The van der Waals surface area contributed by atoms with Crippen LogP contribution in [0.15, 0.2) is 40.9 Å². The number of methoxy groups -OCH3 is 1. The Labute approximate surface area is 130 Å². The molecule has 0 aliphatic carbocycles. The minimum Gasteiger partial charge on any atom is -0.496 e. The van der Waals surface area contributed by atoms with E-state index in [1.165, 1.54) is 0 Å². The largest absolute Gasteiger partial charge is 0.496 e. The fourth-order valence-corrected chi connectivity index (χ4v) is 2.80. The van der Waals surface area contributed by atoms with Crippen LogP contribution in [-0.4, -0.2) is 7.11 Å². The van der Waals surface area contributed by atoms with Crippen molar-refractivity contribution in [1.82, 2.24) is 0 Å². The number of halogens is 3. The highest BCUT2D eigenvalue weighted by Gasteiger charge is 2.15. The summed E-state index contributed by atoms with van der Waals surface area (Å²) in [5.74, 6) is 0.758. The van der Waals surface area contributed by atoms with Crippen molar-refractivity contribution in [2.75, 3.05) is 7.11 Å². The van der Waals surface area contributed by atoms with Gasteiger partial charge in [-0.3, -0.25) is 0 Å². The van der Waals surface area contributed by atoms with E-state index in [2.05, 4.69) is 15.9 Å². The maximum Gasteiger partial charge on any atom is 0.133 e. The zero-order chi connectivity index (χ0) is 14.0. The van der Waals surface area contributed by atoms with E-state index in [1.54, 1.807) is 13.2 Å². The summed E-state index contributed by atoms with van der Waals surface area (Å²) < 4.78 is 6.04. The van der Waals surface area contributed by atoms with Gasteiger partial charge in [0.1, 0.15) is 5.75 Å².